The van der Waals surface area contributed by atoms with Crippen molar-refractivity contribution in [3.05, 3.63) is 35.6 Å². The summed E-state index contributed by atoms with van der Waals surface area (Å²) in [5.74, 6) is -0.139. The Kier molecular flexibility index (Phi) is 3.74. The minimum absolute atomic E-state index is 0.0802. The number of hydrogen-bond acceptors (Lipinski definition) is 2. The van der Waals surface area contributed by atoms with Crippen LogP contribution in [0, 0.1) is 5.82 Å². The summed E-state index contributed by atoms with van der Waals surface area (Å²) in [5, 5.41) is 6.18. The second-order valence-electron chi connectivity index (χ2n) is 4.39. The molecule has 0 aliphatic carbocycles. The lowest BCUT2D eigenvalue weighted by Gasteiger charge is -2.21. The lowest BCUT2D eigenvalue weighted by atomic mass is 10.0. The maximum absolute atomic E-state index is 13.1. The molecular weight excluding hydrogens is 219 g/mol. The van der Waals surface area contributed by atoms with E-state index in [1.54, 1.807) is 12.1 Å². The predicted octanol–water partition coefficient (Wildman–Crippen LogP) is 1.75. The molecule has 1 aliphatic rings. The average molecular weight is 236 g/mol. The minimum atomic E-state index is -0.219. The maximum Gasteiger partial charge on any atom is 0.221 e. The first-order chi connectivity index (χ1) is 8.19. The number of carbonyl (C=O) groups is 1. The molecule has 2 rings (SSSR count). The molecule has 2 atom stereocenters. The highest BCUT2D eigenvalue weighted by Gasteiger charge is 2.23. The van der Waals surface area contributed by atoms with Crippen LogP contribution in [0.3, 0.4) is 0 Å². The lowest BCUT2D eigenvalue weighted by molar-refractivity contribution is -0.119. The standard InChI is InChI=1S/C13H17FN2O/c1-2-12(9-4-3-5-10(14)6-9)16-11-7-13(17)15-8-11/h3-6,11-12,16H,2,7-8H2,1H3,(H,15,17). The fourth-order valence-corrected chi connectivity index (χ4v) is 2.18. The molecule has 2 N–H and O–H groups in total. The van der Waals surface area contributed by atoms with E-state index in [2.05, 4.69) is 10.6 Å². The van der Waals surface area contributed by atoms with Crippen LogP contribution in [0.5, 0.6) is 0 Å². The molecule has 1 aliphatic heterocycles. The van der Waals surface area contributed by atoms with Crippen LogP contribution in [0.1, 0.15) is 31.4 Å². The van der Waals surface area contributed by atoms with Crippen LogP contribution in [0.4, 0.5) is 4.39 Å². The van der Waals surface area contributed by atoms with Crippen molar-refractivity contribution in [3.63, 3.8) is 0 Å². The third-order valence-corrected chi connectivity index (χ3v) is 3.07. The molecule has 0 bridgehead atoms. The van der Waals surface area contributed by atoms with Crippen molar-refractivity contribution in [1.82, 2.24) is 10.6 Å². The zero-order chi connectivity index (χ0) is 12.3. The molecule has 0 saturated carbocycles. The van der Waals surface area contributed by atoms with E-state index in [0.29, 0.717) is 13.0 Å². The zero-order valence-electron chi connectivity index (χ0n) is 9.87. The number of amides is 1. The van der Waals surface area contributed by atoms with Gasteiger partial charge in [0.05, 0.1) is 0 Å². The summed E-state index contributed by atoms with van der Waals surface area (Å²) in [6.07, 6.45) is 1.37. The second kappa shape index (κ2) is 5.27. The van der Waals surface area contributed by atoms with E-state index in [4.69, 9.17) is 0 Å². The molecule has 1 aromatic carbocycles. The summed E-state index contributed by atoms with van der Waals surface area (Å²) in [7, 11) is 0. The SMILES string of the molecule is CCC(NC1CNC(=O)C1)c1cccc(F)c1. The van der Waals surface area contributed by atoms with Gasteiger partial charge in [-0.25, -0.2) is 4.39 Å². The van der Waals surface area contributed by atoms with E-state index in [1.165, 1.54) is 6.07 Å². The summed E-state index contributed by atoms with van der Waals surface area (Å²) in [4.78, 5) is 11.1. The van der Waals surface area contributed by atoms with Gasteiger partial charge in [0.2, 0.25) is 5.91 Å². The quantitative estimate of drug-likeness (QED) is 0.836. The van der Waals surface area contributed by atoms with Gasteiger partial charge in [0, 0.05) is 25.0 Å². The number of rotatable bonds is 4. The number of hydrogen-bond donors (Lipinski definition) is 2. The topological polar surface area (TPSA) is 41.1 Å². The second-order valence-corrected chi connectivity index (χ2v) is 4.39. The molecule has 92 valence electrons. The van der Waals surface area contributed by atoms with Crippen LogP contribution in [-0.4, -0.2) is 18.5 Å². The minimum Gasteiger partial charge on any atom is -0.354 e. The molecule has 1 fully saturated rings. The Morgan fingerprint density at radius 3 is 3.00 bits per heavy atom. The molecule has 0 radical (unpaired) electrons. The monoisotopic (exact) mass is 236 g/mol. The van der Waals surface area contributed by atoms with Crippen LogP contribution in [0.2, 0.25) is 0 Å². The summed E-state index contributed by atoms with van der Waals surface area (Å²) < 4.78 is 13.1. The molecule has 4 heteroatoms. The van der Waals surface area contributed by atoms with Gasteiger partial charge in [0.25, 0.3) is 0 Å². The van der Waals surface area contributed by atoms with Crippen molar-refractivity contribution in [2.45, 2.75) is 31.8 Å². The van der Waals surface area contributed by atoms with Crippen LogP contribution < -0.4 is 10.6 Å². The van der Waals surface area contributed by atoms with Crippen molar-refractivity contribution in [2.75, 3.05) is 6.54 Å². The van der Waals surface area contributed by atoms with E-state index >= 15 is 0 Å². The van der Waals surface area contributed by atoms with E-state index in [1.807, 2.05) is 13.0 Å². The van der Waals surface area contributed by atoms with Gasteiger partial charge in [-0.1, -0.05) is 19.1 Å². The first-order valence-electron chi connectivity index (χ1n) is 5.97. The Bertz CT molecular complexity index is 408. The molecule has 1 amide bonds. The highest BCUT2D eigenvalue weighted by Crippen LogP contribution is 2.19. The lowest BCUT2D eigenvalue weighted by Crippen LogP contribution is -2.34. The summed E-state index contributed by atoms with van der Waals surface area (Å²) in [6, 6.07) is 6.86. The van der Waals surface area contributed by atoms with Crippen LogP contribution in [-0.2, 0) is 4.79 Å². The fourth-order valence-electron chi connectivity index (χ4n) is 2.18. The van der Waals surface area contributed by atoms with E-state index in [9.17, 15) is 9.18 Å². The number of halogens is 1. The Morgan fingerprint density at radius 1 is 1.59 bits per heavy atom. The van der Waals surface area contributed by atoms with Crippen molar-refractivity contribution in [1.29, 1.82) is 0 Å². The van der Waals surface area contributed by atoms with E-state index < -0.39 is 0 Å². The summed E-state index contributed by atoms with van der Waals surface area (Å²) >= 11 is 0. The summed E-state index contributed by atoms with van der Waals surface area (Å²) in [6.45, 7) is 2.71. The number of carbonyl (C=O) groups excluding carboxylic acids is 1. The van der Waals surface area contributed by atoms with Gasteiger partial charge in [0.1, 0.15) is 5.82 Å². The van der Waals surface area contributed by atoms with Gasteiger partial charge in [-0.3, -0.25) is 4.79 Å². The summed E-state index contributed by atoms with van der Waals surface area (Å²) in [5.41, 5.74) is 0.937. The zero-order valence-corrected chi connectivity index (χ0v) is 9.87. The molecule has 0 spiro atoms. The van der Waals surface area contributed by atoms with Gasteiger partial charge in [0.15, 0.2) is 0 Å². The van der Waals surface area contributed by atoms with Gasteiger partial charge in [-0.15, -0.1) is 0 Å². The third-order valence-electron chi connectivity index (χ3n) is 3.07. The van der Waals surface area contributed by atoms with E-state index in [-0.39, 0.29) is 23.8 Å². The average Bonchev–Trinajstić information content (AvgIpc) is 2.72. The largest absolute Gasteiger partial charge is 0.354 e. The molecule has 0 aromatic heterocycles. The predicted molar refractivity (Wildman–Crippen MR) is 64.0 cm³/mol. The number of benzene rings is 1. The Labute approximate surface area is 100 Å². The highest BCUT2D eigenvalue weighted by molar-refractivity contribution is 5.78. The van der Waals surface area contributed by atoms with Gasteiger partial charge < -0.3 is 10.6 Å². The molecular formula is C13H17FN2O. The highest BCUT2D eigenvalue weighted by atomic mass is 19.1. The molecule has 1 heterocycles. The Balaban J connectivity index is 2.03. The van der Waals surface area contributed by atoms with E-state index in [0.717, 1.165) is 12.0 Å². The smallest absolute Gasteiger partial charge is 0.221 e. The Hall–Kier alpha value is -1.42. The Morgan fingerprint density at radius 2 is 2.41 bits per heavy atom. The van der Waals surface area contributed by atoms with Crippen molar-refractivity contribution in [2.24, 2.45) is 0 Å². The number of nitrogens with one attached hydrogen (secondary N) is 2. The fraction of sp³-hybridized carbons (Fsp3) is 0.462. The van der Waals surface area contributed by atoms with Gasteiger partial charge >= 0.3 is 0 Å². The molecule has 3 nitrogen and oxygen atoms in total. The van der Waals surface area contributed by atoms with Gasteiger partial charge in [-0.2, -0.15) is 0 Å². The van der Waals surface area contributed by atoms with Crippen LogP contribution >= 0.6 is 0 Å². The van der Waals surface area contributed by atoms with Crippen LogP contribution in [0.15, 0.2) is 24.3 Å². The molecule has 1 aromatic rings. The third kappa shape index (κ3) is 3.03. The first-order valence-corrected chi connectivity index (χ1v) is 5.97. The molecule has 2 unspecified atom stereocenters. The van der Waals surface area contributed by atoms with Gasteiger partial charge in [-0.05, 0) is 24.1 Å². The normalized spacial score (nSPS) is 21.3. The van der Waals surface area contributed by atoms with Crippen molar-refractivity contribution >= 4 is 5.91 Å². The first kappa shape index (κ1) is 12.0. The molecule has 1 saturated heterocycles. The van der Waals surface area contributed by atoms with Crippen molar-refractivity contribution < 1.29 is 9.18 Å². The maximum atomic E-state index is 13.1. The van der Waals surface area contributed by atoms with Crippen LogP contribution in [0.25, 0.3) is 0 Å². The van der Waals surface area contributed by atoms with Crippen molar-refractivity contribution in [3.8, 4) is 0 Å². The molecule has 17 heavy (non-hydrogen) atoms.